The molecular weight excluding hydrogens is 226 g/mol. The SMILES string of the molecule is CC(c1ccc(C(=O)O)o1)N(CCO)CCO. The zero-order chi connectivity index (χ0) is 12.8. The molecule has 0 aromatic carbocycles. The summed E-state index contributed by atoms with van der Waals surface area (Å²) in [6.07, 6.45) is 0. The lowest BCUT2D eigenvalue weighted by Crippen LogP contribution is -2.32. The molecule has 0 aliphatic heterocycles. The summed E-state index contributed by atoms with van der Waals surface area (Å²) in [5, 5.41) is 26.5. The van der Waals surface area contributed by atoms with Crippen LogP contribution in [0.4, 0.5) is 0 Å². The minimum Gasteiger partial charge on any atom is -0.475 e. The molecule has 6 heteroatoms. The lowest BCUT2D eigenvalue weighted by molar-refractivity contribution is 0.0651. The third-order valence-corrected chi connectivity index (χ3v) is 2.57. The maximum absolute atomic E-state index is 10.7. The fourth-order valence-electron chi connectivity index (χ4n) is 1.63. The highest BCUT2D eigenvalue weighted by Gasteiger charge is 2.19. The van der Waals surface area contributed by atoms with E-state index in [9.17, 15) is 4.79 Å². The Kier molecular flexibility index (Phi) is 5.14. The number of furan rings is 1. The van der Waals surface area contributed by atoms with Gasteiger partial charge in [-0.05, 0) is 19.1 Å². The predicted octanol–water partition coefficient (Wildman–Crippen LogP) is 0.325. The van der Waals surface area contributed by atoms with E-state index in [1.165, 1.54) is 6.07 Å². The van der Waals surface area contributed by atoms with Gasteiger partial charge in [0, 0.05) is 13.1 Å². The quantitative estimate of drug-likeness (QED) is 0.638. The van der Waals surface area contributed by atoms with Crippen LogP contribution in [-0.2, 0) is 0 Å². The number of rotatable bonds is 7. The minimum atomic E-state index is -1.11. The highest BCUT2D eigenvalue weighted by Crippen LogP contribution is 2.22. The number of hydrogen-bond donors (Lipinski definition) is 3. The van der Waals surface area contributed by atoms with Crippen molar-refractivity contribution in [3.05, 3.63) is 23.7 Å². The van der Waals surface area contributed by atoms with E-state index in [1.54, 1.807) is 6.07 Å². The summed E-state index contributed by atoms with van der Waals surface area (Å²) in [5.41, 5.74) is 0. The molecule has 6 nitrogen and oxygen atoms in total. The normalized spacial score (nSPS) is 12.9. The standard InChI is InChI=1S/C11H17NO5/c1-8(12(4-6-13)5-7-14)9-2-3-10(17-9)11(15)16/h2-3,8,13-14H,4-7H2,1H3,(H,15,16). The smallest absolute Gasteiger partial charge is 0.371 e. The fraction of sp³-hybridized carbons (Fsp3) is 0.545. The van der Waals surface area contributed by atoms with Gasteiger partial charge >= 0.3 is 5.97 Å². The molecule has 0 saturated heterocycles. The highest BCUT2D eigenvalue weighted by atomic mass is 16.4. The molecule has 1 atom stereocenters. The van der Waals surface area contributed by atoms with Gasteiger partial charge in [-0.15, -0.1) is 0 Å². The molecule has 0 bridgehead atoms. The largest absolute Gasteiger partial charge is 0.475 e. The number of carboxylic acid groups (broad SMARTS) is 1. The van der Waals surface area contributed by atoms with Crippen LogP contribution in [0.2, 0.25) is 0 Å². The number of aliphatic hydroxyl groups excluding tert-OH is 2. The summed E-state index contributed by atoms with van der Waals surface area (Å²) in [7, 11) is 0. The van der Waals surface area contributed by atoms with Crippen LogP contribution in [0.5, 0.6) is 0 Å². The number of carbonyl (C=O) groups is 1. The molecule has 1 aromatic rings. The fourth-order valence-corrected chi connectivity index (χ4v) is 1.63. The van der Waals surface area contributed by atoms with Crippen molar-refractivity contribution in [2.45, 2.75) is 13.0 Å². The molecule has 3 N–H and O–H groups in total. The van der Waals surface area contributed by atoms with Gasteiger partial charge in [0.25, 0.3) is 0 Å². The first-order chi connectivity index (χ1) is 8.10. The Hall–Kier alpha value is -1.37. The Labute approximate surface area is 99.1 Å². The Bertz CT molecular complexity index is 356. The molecule has 0 radical (unpaired) electrons. The Balaban J connectivity index is 2.77. The molecule has 0 amide bonds. The maximum Gasteiger partial charge on any atom is 0.371 e. The van der Waals surface area contributed by atoms with Crippen LogP contribution in [0.3, 0.4) is 0 Å². The van der Waals surface area contributed by atoms with Gasteiger partial charge in [0.1, 0.15) is 5.76 Å². The number of aliphatic hydroxyl groups is 2. The first-order valence-electron chi connectivity index (χ1n) is 5.39. The van der Waals surface area contributed by atoms with Crippen molar-refractivity contribution in [3.63, 3.8) is 0 Å². The molecule has 0 aliphatic carbocycles. The van der Waals surface area contributed by atoms with Crippen molar-refractivity contribution in [3.8, 4) is 0 Å². The Morgan fingerprint density at radius 1 is 1.35 bits per heavy atom. The van der Waals surface area contributed by atoms with Crippen molar-refractivity contribution in [2.75, 3.05) is 26.3 Å². The van der Waals surface area contributed by atoms with Gasteiger partial charge in [0.2, 0.25) is 5.76 Å². The molecule has 1 aromatic heterocycles. The third kappa shape index (κ3) is 3.55. The van der Waals surface area contributed by atoms with E-state index in [1.807, 2.05) is 11.8 Å². The molecule has 0 saturated carbocycles. The van der Waals surface area contributed by atoms with Crippen molar-refractivity contribution in [2.24, 2.45) is 0 Å². The lowest BCUT2D eigenvalue weighted by Gasteiger charge is -2.25. The summed E-state index contributed by atoms with van der Waals surface area (Å²) in [6, 6.07) is 2.79. The van der Waals surface area contributed by atoms with Gasteiger partial charge in [0.05, 0.1) is 19.3 Å². The van der Waals surface area contributed by atoms with Crippen molar-refractivity contribution in [1.29, 1.82) is 0 Å². The average Bonchev–Trinajstić information content (AvgIpc) is 2.77. The van der Waals surface area contributed by atoms with Gasteiger partial charge in [-0.25, -0.2) is 4.79 Å². The van der Waals surface area contributed by atoms with E-state index >= 15 is 0 Å². The van der Waals surface area contributed by atoms with Crippen LogP contribution < -0.4 is 0 Å². The van der Waals surface area contributed by atoms with Crippen LogP contribution >= 0.6 is 0 Å². The van der Waals surface area contributed by atoms with Crippen LogP contribution in [0.15, 0.2) is 16.5 Å². The molecular formula is C11H17NO5. The number of aromatic carboxylic acids is 1. The minimum absolute atomic E-state index is 0.0309. The molecule has 1 unspecified atom stereocenters. The second-order valence-electron chi connectivity index (χ2n) is 3.67. The second kappa shape index (κ2) is 6.39. The highest BCUT2D eigenvalue weighted by molar-refractivity contribution is 5.84. The molecule has 0 fully saturated rings. The van der Waals surface area contributed by atoms with Gasteiger partial charge in [0.15, 0.2) is 0 Å². The summed E-state index contributed by atoms with van der Waals surface area (Å²) in [5.74, 6) is -0.719. The van der Waals surface area contributed by atoms with E-state index in [2.05, 4.69) is 0 Å². The summed E-state index contributed by atoms with van der Waals surface area (Å²) in [4.78, 5) is 12.5. The van der Waals surface area contributed by atoms with Crippen LogP contribution in [0.25, 0.3) is 0 Å². The van der Waals surface area contributed by atoms with E-state index in [0.29, 0.717) is 18.8 Å². The second-order valence-corrected chi connectivity index (χ2v) is 3.67. The van der Waals surface area contributed by atoms with Crippen LogP contribution in [0, 0.1) is 0 Å². The van der Waals surface area contributed by atoms with Gasteiger partial charge < -0.3 is 19.7 Å². The first-order valence-corrected chi connectivity index (χ1v) is 5.39. The number of hydrogen-bond acceptors (Lipinski definition) is 5. The van der Waals surface area contributed by atoms with Crippen LogP contribution in [-0.4, -0.2) is 52.5 Å². The number of carboxylic acids is 1. The van der Waals surface area contributed by atoms with Crippen LogP contribution in [0.1, 0.15) is 29.3 Å². The average molecular weight is 243 g/mol. The van der Waals surface area contributed by atoms with Gasteiger partial charge in [-0.3, -0.25) is 4.90 Å². The van der Waals surface area contributed by atoms with E-state index in [4.69, 9.17) is 19.7 Å². The zero-order valence-electron chi connectivity index (χ0n) is 9.67. The van der Waals surface area contributed by atoms with Gasteiger partial charge in [-0.1, -0.05) is 0 Å². The first kappa shape index (κ1) is 13.7. The van der Waals surface area contributed by atoms with E-state index in [-0.39, 0.29) is 25.0 Å². The van der Waals surface area contributed by atoms with Crippen molar-refractivity contribution < 1.29 is 24.5 Å². The van der Waals surface area contributed by atoms with E-state index in [0.717, 1.165) is 0 Å². The Morgan fingerprint density at radius 2 is 1.94 bits per heavy atom. The molecule has 1 rings (SSSR count). The Morgan fingerprint density at radius 3 is 2.35 bits per heavy atom. The van der Waals surface area contributed by atoms with E-state index < -0.39 is 5.97 Å². The maximum atomic E-state index is 10.7. The molecule has 1 heterocycles. The summed E-state index contributed by atoms with van der Waals surface area (Å²) >= 11 is 0. The molecule has 17 heavy (non-hydrogen) atoms. The molecule has 0 spiro atoms. The lowest BCUT2D eigenvalue weighted by atomic mass is 10.2. The number of nitrogens with zero attached hydrogens (tertiary/aromatic N) is 1. The monoisotopic (exact) mass is 243 g/mol. The van der Waals surface area contributed by atoms with Crippen molar-refractivity contribution in [1.82, 2.24) is 4.90 Å². The molecule has 96 valence electrons. The third-order valence-electron chi connectivity index (χ3n) is 2.57. The predicted molar refractivity (Wildman–Crippen MR) is 59.8 cm³/mol. The molecule has 0 aliphatic rings. The van der Waals surface area contributed by atoms with Crippen molar-refractivity contribution >= 4 is 5.97 Å². The summed E-state index contributed by atoms with van der Waals surface area (Å²) in [6.45, 7) is 2.55. The topological polar surface area (TPSA) is 94.1 Å². The van der Waals surface area contributed by atoms with Gasteiger partial charge in [-0.2, -0.15) is 0 Å². The zero-order valence-corrected chi connectivity index (χ0v) is 9.67. The summed E-state index contributed by atoms with van der Waals surface area (Å²) < 4.78 is 5.18.